The molecule has 0 bridgehead atoms. The second-order valence-electron chi connectivity index (χ2n) is 9.67. The molecule has 180 valence electrons. The second-order valence-corrected chi connectivity index (χ2v) is 9.67. The number of ether oxygens (including phenoxy) is 1. The number of carbonyl (C=O) groups excluding carboxylic acids is 1. The van der Waals surface area contributed by atoms with Crippen molar-refractivity contribution in [2.75, 3.05) is 0 Å². The first-order valence-electron chi connectivity index (χ1n) is 12.8. The zero-order valence-electron chi connectivity index (χ0n) is 20.9. The monoisotopic (exact) mass is 488 g/mol. The van der Waals surface area contributed by atoms with Crippen LogP contribution < -0.4 is 4.74 Å². The predicted octanol–water partition coefficient (Wildman–Crippen LogP) is 9.64. The molecular weight excluding hydrogens is 464 g/mol. The highest BCUT2D eigenvalue weighted by molar-refractivity contribution is 6.30. The molecule has 0 spiro atoms. The third-order valence-electron chi connectivity index (χ3n) is 7.37. The molecule has 0 fully saturated rings. The molecule has 0 radical (unpaired) electrons. The highest BCUT2D eigenvalue weighted by atomic mass is 16.5. The molecular formula is C36H24O2. The zero-order chi connectivity index (χ0) is 25.6. The minimum Gasteiger partial charge on any atom is -0.423 e. The topological polar surface area (TPSA) is 26.3 Å². The number of benzene rings is 7. The van der Waals surface area contributed by atoms with Gasteiger partial charge in [0, 0.05) is 11.5 Å². The Kier molecular flexibility index (Phi) is 5.19. The number of carbonyl (C=O) groups is 1. The highest BCUT2D eigenvalue weighted by Gasteiger charge is 2.14. The lowest BCUT2D eigenvalue weighted by atomic mass is 9.89. The van der Waals surface area contributed by atoms with Crippen LogP contribution in [0.5, 0.6) is 5.75 Å². The van der Waals surface area contributed by atoms with E-state index in [0.29, 0.717) is 5.75 Å². The van der Waals surface area contributed by atoms with Crippen molar-refractivity contribution in [2.45, 2.75) is 6.92 Å². The molecule has 7 aromatic rings. The summed E-state index contributed by atoms with van der Waals surface area (Å²) in [6.07, 6.45) is 6.82. The summed E-state index contributed by atoms with van der Waals surface area (Å²) < 4.78 is 5.79. The summed E-state index contributed by atoms with van der Waals surface area (Å²) in [4.78, 5) is 12.5. The van der Waals surface area contributed by atoms with E-state index in [1.54, 1.807) is 6.08 Å². The Bertz CT molecular complexity index is 2080. The molecule has 0 heterocycles. The molecule has 38 heavy (non-hydrogen) atoms. The summed E-state index contributed by atoms with van der Waals surface area (Å²) in [7, 11) is 0. The average molecular weight is 489 g/mol. The summed E-state index contributed by atoms with van der Waals surface area (Å²) >= 11 is 0. The molecule has 0 N–H and O–H groups in total. The lowest BCUT2D eigenvalue weighted by molar-refractivity contribution is -0.128. The van der Waals surface area contributed by atoms with Crippen molar-refractivity contribution < 1.29 is 9.53 Å². The Labute approximate surface area is 220 Å². The fraction of sp³-hybridized carbons (Fsp3) is 0.0278. The van der Waals surface area contributed by atoms with Gasteiger partial charge in [0.2, 0.25) is 0 Å². The van der Waals surface area contributed by atoms with Crippen LogP contribution in [0.25, 0.3) is 64.6 Å². The van der Waals surface area contributed by atoms with Crippen LogP contribution in [0.3, 0.4) is 0 Å². The predicted molar refractivity (Wildman–Crippen MR) is 161 cm³/mol. The first-order valence-corrected chi connectivity index (χ1v) is 12.8. The summed E-state index contributed by atoms with van der Waals surface area (Å²) in [6.45, 7) is 1.91. The molecule has 0 saturated carbocycles. The molecule has 0 aliphatic rings. The van der Waals surface area contributed by atoms with Crippen LogP contribution in [0, 0.1) is 0 Å². The largest absolute Gasteiger partial charge is 0.423 e. The van der Waals surface area contributed by atoms with Gasteiger partial charge < -0.3 is 4.74 Å². The van der Waals surface area contributed by atoms with E-state index < -0.39 is 5.97 Å². The summed E-state index contributed by atoms with van der Waals surface area (Å²) in [6, 6.07) is 36.6. The Morgan fingerprint density at radius 2 is 0.974 bits per heavy atom. The Hall–Kier alpha value is -4.95. The third kappa shape index (κ3) is 3.62. The van der Waals surface area contributed by atoms with Crippen LogP contribution in [0.15, 0.2) is 127 Å². The van der Waals surface area contributed by atoms with Crippen molar-refractivity contribution in [3.8, 4) is 5.75 Å². The second kappa shape index (κ2) is 8.86. The van der Waals surface area contributed by atoms with Crippen LogP contribution >= 0.6 is 0 Å². The van der Waals surface area contributed by atoms with Gasteiger partial charge in [-0.15, -0.1) is 0 Å². The van der Waals surface area contributed by atoms with Crippen molar-refractivity contribution >= 4 is 70.6 Å². The van der Waals surface area contributed by atoms with E-state index in [0.717, 1.165) is 16.2 Å². The summed E-state index contributed by atoms with van der Waals surface area (Å²) in [5, 5.41) is 14.0. The van der Waals surface area contributed by atoms with Gasteiger partial charge in [-0.3, -0.25) is 0 Å². The lowest BCUT2D eigenvalue weighted by Gasteiger charge is -2.15. The first kappa shape index (κ1) is 22.3. The molecule has 0 aliphatic heterocycles. The standard InChI is InChI=1S/C36H24O2/c1-2-3-4-16-36(37)38-35-15-9-14-27-21-33-31-19-25-12-6-5-10-23(25)17-29(31)30-18-24-11-7-8-13-26(24)20-32(30)34(33)22-28(27)35/h2-22H,1H3/b3-2+,16-4+. The van der Waals surface area contributed by atoms with Crippen molar-refractivity contribution in [3.05, 3.63) is 127 Å². The Morgan fingerprint density at radius 1 is 0.526 bits per heavy atom. The molecule has 2 heteroatoms. The van der Waals surface area contributed by atoms with E-state index in [9.17, 15) is 4.79 Å². The van der Waals surface area contributed by atoms with Gasteiger partial charge in [0.1, 0.15) is 5.75 Å². The summed E-state index contributed by atoms with van der Waals surface area (Å²) in [5.41, 5.74) is 0. The minimum absolute atomic E-state index is 0.392. The Morgan fingerprint density at radius 3 is 1.47 bits per heavy atom. The van der Waals surface area contributed by atoms with Gasteiger partial charge in [-0.05, 0) is 109 Å². The molecule has 0 unspecified atom stereocenters. The van der Waals surface area contributed by atoms with Crippen LogP contribution in [0.2, 0.25) is 0 Å². The van der Waals surface area contributed by atoms with Crippen molar-refractivity contribution in [1.82, 2.24) is 0 Å². The quantitative estimate of drug-likeness (QED) is 0.0618. The fourth-order valence-corrected chi connectivity index (χ4v) is 5.59. The van der Waals surface area contributed by atoms with E-state index in [2.05, 4.69) is 91.0 Å². The maximum atomic E-state index is 12.5. The normalized spacial score (nSPS) is 12.2. The number of allylic oxidation sites excluding steroid dienone is 3. The highest BCUT2D eigenvalue weighted by Crippen LogP contribution is 2.41. The third-order valence-corrected chi connectivity index (χ3v) is 7.37. The SMILES string of the molecule is C/C=C/C=C/C(=O)Oc1cccc2cc3c4cc5ccccc5cc4c4cc5ccccc5cc4c3cc12. The average Bonchev–Trinajstić information content (AvgIpc) is 2.95. The van der Waals surface area contributed by atoms with Crippen molar-refractivity contribution in [2.24, 2.45) is 0 Å². The molecule has 0 aliphatic carbocycles. The van der Waals surface area contributed by atoms with Crippen molar-refractivity contribution in [1.29, 1.82) is 0 Å². The number of hydrogen-bond donors (Lipinski definition) is 0. The number of hydrogen-bond acceptors (Lipinski definition) is 2. The van der Waals surface area contributed by atoms with E-state index in [-0.39, 0.29) is 0 Å². The molecule has 2 nitrogen and oxygen atoms in total. The number of esters is 1. The Balaban J connectivity index is 1.59. The molecule has 0 amide bonds. The maximum absolute atomic E-state index is 12.5. The van der Waals surface area contributed by atoms with Crippen LogP contribution in [0.4, 0.5) is 0 Å². The van der Waals surface area contributed by atoms with Gasteiger partial charge in [0.15, 0.2) is 0 Å². The van der Waals surface area contributed by atoms with Gasteiger partial charge in [-0.25, -0.2) is 4.79 Å². The lowest BCUT2D eigenvalue weighted by Crippen LogP contribution is -2.04. The summed E-state index contributed by atoms with van der Waals surface area (Å²) in [5.74, 6) is 0.170. The van der Waals surface area contributed by atoms with Crippen LogP contribution in [0.1, 0.15) is 6.92 Å². The van der Waals surface area contributed by atoms with Gasteiger partial charge in [0.05, 0.1) is 0 Å². The minimum atomic E-state index is -0.392. The van der Waals surface area contributed by atoms with Gasteiger partial charge in [-0.2, -0.15) is 0 Å². The van der Waals surface area contributed by atoms with E-state index in [1.807, 2.05) is 31.2 Å². The van der Waals surface area contributed by atoms with Crippen LogP contribution in [-0.4, -0.2) is 5.97 Å². The molecule has 7 aromatic carbocycles. The zero-order valence-corrected chi connectivity index (χ0v) is 20.9. The number of fused-ring (bicyclic) bond motifs is 9. The number of rotatable bonds is 3. The van der Waals surface area contributed by atoms with E-state index in [1.165, 1.54) is 54.6 Å². The molecule has 0 saturated heterocycles. The molecule has 0 aromatic heterocycles. The van der Waals surface area contributed by atoms with Gasteiger partial charge in [-0.1, -0.05) is 78.9 Å². The van der Waals surface area contributed by atoms with Crippen molar-refractivity contribution in [3.63, 3.8) is 0 Å². The maximum Gasteiger partial charge on any atom is 0.336 e. The van der Waals surface area contributed by atoms with Crippen LogP contribution in [-0.2, 0) is 4.79 Å². The van der Waals surface area contributed by atoms with E-state index in [4.69, 9.17) is 4.74 Å². The van der Waals surface area contributed by atoms with E-state index >= 15 is 0 Å². The van der Waals surface area contributed by atoms with Gasteiger partial charge >= 0.3 is 5.97 Å². The fourth-order valence-electron chi connectivity index (χ4n) is 5.59. The molecule has 0 atom stereocenters. The smallest absolute Gasteiger partial charge is 0.336 e. The van der Waals surface area contributed by atoms with Gasteiger partial charge in [0.25, 0.3) is 0 Å². The molecule has 7 rings (SSSR count). The first-order chi connectivity index (χ1) is 18.7.